The lowest BCUT2D eigenvalue weighted by Crippen LogP contribution is -2.12. The summed E-state index contributed by atoms with van der Waals surface area (Å²) in [5, 5.41) is 0. The fourth-order valence-electron chi connectivity index (χ4n) is 1.10. The third-order valence-electron chi connectivity index (χ3n) is 1.90. The molecule has 0 radical (unpaired) electrons. The van der Waals surface area contributed by atoms with E-state index >= 15 is 0 Å². The van der Waals surface area contributed by atoms with Crippen molar-refractivity contribution in [2.24, 2.45) is 0 Å². The first kappa shape index (κ1) is 7.34. The molecule has 0 saturated carbocycles. The number of aromatic nitrogens is 1. The van der Waals surface area contributed by atoms with Crippen molar-refractivity contribution in [1.82, 2.24) is 9.88 Å². The van der Waals surface area contributed by atoms with Crippen LogP contribution in [0.3, 0.4) is 0 Å². The molecule has 0 bridgehead atoms. The highest BCUT2D eigenvalue weighted by Gasteiger charge is 2.28. The largest absolute Gasteiger partial charge is 0.448 e. The Balaban J connectivity index is 2.25. The van der Waals surface area contributed by atoms with Crippen LogP contribution in [-0.2, 0) is 6.42 Å². The molecule has 0 N–H and O–H groups in total. The third kappa shape index (κ3) is 1.09. The topological polar surface area (TPSA) is 46.1 Å². The molecule has 0 spiro atoms. The second-order valence-corrected chi connectivity index (χ2v) is 2.77. The van der Waals surface area contributed by atoms with Gasteiger partial charge in [0.05, 0.1) is 0 Å². The second-order valence-electron chi connectivity index (χ2n) is 2.77. The molecule has 0 unspecified atom stereocenters. The number of hydrogen-bond donors (Lipinski definition) is 0. The van der Waals surface area contributed by atoms with Gasteiger partial charge in [0.25, 0.3) is 5.91 Å². The molecule has 4 heteroatoms. The number of carbonyl (C=O) groups is 1. The summed E-state index contributed by atoms with van der Waals surface area (Å²) < 4.78 is 5.05. The van der Waals surface area contributed by atoms with Gasteiger partial charge in [0.1, 0.15) is 5.76 Å². The highest BCUT2D eigenvalue weighted by Crippen LogP contribution is 2.14. The molecule has 12 heavy (non-hydrogen) atoms. The van der Waals surface area contributed by atoms with Gasteiger partial charge in [-0.25, -0.2) is 4.98 Å². The first-order valence-electron chi connectivity index (χ1n) is 4.04. The van der Waals surface area contributed by atoms with Crippen LogP contribution < -0.4 is 0 Å². The van der Waals surface area contributed by atoms with Crippen molar-refractivity contribution in [3.8, 4) is 0 Å². The Morgan fingerprint density at radius 1 is 1.75 bits per heavy atom. The van der Waals surface area contributed by atoms with Crippen LogP contribution in [0.15, 0.2) is 10.8 Å². The Morgan fingerprint density at radius 2 is 2.50 bits per heavy atom. The molecule has 0 aliphatic carbocycles. The van der Waals surface area contributed by atoms with Crippen molar-refractivity contribution in [2.75, 3.05) is 13.1 Å². The number of hydrogen-bond acceptors (Lipinski definition) is 3. The van der Waals surface area contributed by atoms with Gasteiger partial charge >= 0.3 is 0 Å². The van der Waals surface area contributed by atoms with Crippen LogP contribution in [0.4, 0.5) is 0 Å². The summed E-state index contributed by atoms with van der Waals surface area (Å²) in [6.45, 7) is 3.66. The van der Waals surface area contributed by atoms with E-state index in [1.54, 1.807) is 4.90 Å². The van der Waals surface area contributed by atoms with Gasteiger partial charge in [-0.1, -0.05) is 6.92 Å². The zero-order valence-electron chi connectivity index (χ0n) is 6.91. The average molecular weight is 166 g/mol. The quantitative estimate of drug-likeness (QED) is 0.607. The van der Waals surface area contributed by atoms with Crippen LogP contribution in [0.5, 0.6) is 0 Å². The zero-order valence-corrected chi connectivity index (χ0v) is 6.91. The highest BCUT2D eigenvalue weighted by atomic mass is 16.3. The molecule has 2 rings (SSSR count). The van der Waals surface area contributed by atoms with Crippen molar-refractivity contribution in [2.45, 2.75) is 13.3 Å². The van der Waals surface area contributed by atoms with E-state index < -0.39 is 0 Å². The van der Waals surface area contributed by atoms with Crippen LogP contribution in [-0.4, -0.2) is 28.9 Å². The Labute approximate surface area is 70.2 Å². The van der Waals surface area contributed by atoms with E-state index in [0.717, 1.165) is 19.5 Å². The van der Waals surface area contributed by atoms with Crippen LogP contribution in [0.2, 0.25) is 0 Å². The number of oxazole rings is 1. The third-order valence-corrected chi connectivity index (χ3v) is 1.90. The molecule has 2 heterocycles. The molecule has 1 aliphatic heterocycles. The molecule has 0 aromatic carbocycles. The van der Waals surface area contributed by atoms with E-state index in [1.807, 2.05) is 6.92 Å². The summed E-state index contributed by atoms with van der Waals surface area (Å²) in [5.74, 6) is 0.688. The predicted molar refractivity (Wildman–Crippen MR) is 41.8 cm³/mol. The Hall–Kier alpha value is -1.32. The van der Waals surface area contributed by atoms with Gasteiger partial charge in [0.2, 0.25) is 0 Å². The summed E-state index contributed by atoms with van der Waals surface area (Å²) in [4.78, 5) is 17.1. The fourth-order valence-corrected chi connectivity index (χ4v) is 1.10. The molecule has 4 nitrogen and oxygen atoms in total. The van der Waals surface area contributed by atoms with Crippen molar-refractivity contribution in [3.63, 3.8) is 0 Å². The van der Waals surface area contributed by atoms with E-state index in [2.05, 4.69) is 4.98 Å². The molecular formula is C8H10N2O2. The van der Waals surface area contributed by atoms with E-state index in [-0.39, 0.29) is 5.91 Å². The maximum absolute atomic E-state index is 11.5. The van der Waals surface area contributed by atoms with Gasteiger partial charge in [-0.05, 0) is 0 Å². The Kier molecular flexibility index (Phi) is 1.60. The van der Waals surface area contributed by atoms with Crippen molar-refractivity contribution in [3.05, 3.63) is 17.8 Å². The first-order valence-corrected chi connectivity index (χ1v) is 4.04. The minimum absolute atomic E-state index is 0.000556. The van der Waals surface area contributed by atoms with Gasteiger partial charge in [-0.15, -0.1) is 0 Å². The first-order chi connectivity index (χ1) is 5.83. The van der Waals surface area contributed by atoms with E-state index in [4.69, 9.17) is 4.42 Å². The molecule has 1 saturated heterocycles. The smallest absolute Gasteiger partial charge is 0.276 e. The maximum Gasteiger partial charge on any atom is 0.276 e. The molecule has 64 valence electrons. The van der Waals surface area contributed by atoms with Crippen LogP contribution in [0, 0.1) is 0 Å². The molecule has 1 aliphatic rings. The van der Waals surface area contributed by atoms with E-state index in [1.165, 1.54) is 6.39 Å². The zero-order chi connectivity index (χ0) is 8.55. The van der Waals surface area contributed by atoms with Crippen LogP contribution in [0.1, 0.15) is 23.2 Å². The Bertz CT molecular complexity index is 302. The summed E-state index contributed by atoms with van der Waals surface area (Å²) >= 11 is 0. The average Bonchev–Trinajstić information content (AvgIpc) is 2.82. The lowest BCUT2D eigenvalue weighted by molar-refractivity contribution is 0.0878. The molecule has 1 aromatic heterocycles. The summed E-state index contributed by atoms with van der Waals surface area (Å²) in [5.41, 5.74) is 0.481. The monoisotopic (exact) mass is 166 g/mol. The van der Waals surface area contributed by atoms with Crippen molar-refractivity contribution in [1.29, 1.82) is 0 Å². The van der Waals surface area contributed by atoms with Gasteiger partial charge in [-0.3, -0.25) is 4.79 Å². The normalized spacial score (nSPS) is 14.9. The summed E-state index contributed by atoms with van der Waals surface area (Å²) in [7, 11) is 0. The predicted octanol–water partition coefficient (Wildman–Crippen LogP) is 0.693. The molecule has 1 amide bonds. The number of amides is 1. The number of rotatable bonds is 2. The SMILES string of the molecule is CCc1ocnc1C(=O)N1CC1. The Morgan fingerprint density at radius 3 is 3.08 bits per heavy atom. The van der Waals surface area contributed by atoms with Crippen LogP contribution >= 0.6 is 0 Å². The van der Waals surface area contributed by atoms with Crippen molar-refractivity contribution < 1.29 is 9.21 Å². The minimum Gasteiger partial charge on any atom is -0.448 e. The lowest BCUT2D eigenvalue weighted by atomic mass is 10.3. The fraction of sp³-hybridized carbons (Fsp3) is 0.500. The van der Waals surface area contributed by atoms with Gasteiger partial charge < -0.3 is 9.32 Å². The molecule has 1 fully saturated rings. The standard InChI is InChI=1S/C8H10N2O2/c1-2-6-7(9-5-12-6)8(11)10-3-4-10/h5H,2-4H2,1H3. The van der Waals surface area contributed by atoms with E-state index in [0.29, 0.717) is 11.5 Å². The van der Waals surface area contributed by atoms with Gasteiger partial charge in [0, 0.05) is 19.5 Å². The summed E-state index contributed by atoms with van der Waals surface area (Å²) in [6, 6.07) is 0. The lowest BCUT2D eigenvalue weighted by Gasteiger charge is -1.97. The maximum atomic E-state index is 11.5. The van der Waals surface area contributed by atoms with Gasteiger partial charge in [0.15, 0.2) is 12.1 Å². The second kappa shape index (κ2) is 2.62. The van der Waals surface area contributed by atoms with E-state index in [9.17, 15) is 4.79 Å². The van der Waals surface area contributed by atoms with Gasteiger partial charge in [-0.2, -0.15) is 0 Å². The molecule has 1 aromatic rings. The number of carbonyl (C=O) groups excluding carboxylic acids is 1. The summed E-state index contributed by atoms with van der Waals surface area (Å²) in [6.07, 6.45) is 2.05. The highest BCUT2D eigenvalue weighted by molar-refractivity contribution is 5.94. The van der Waals surface area contributed by atoms with Crippen LogP contribution in [0.25, 0.3) is 0 Å². The molecular weight excluding hydrogens is 156 g/mol. The van der Waals surface area contributed by atoms with Crippen molar-refractivity contribution >= 4 is 5.91 Å². The minimum atomic E-state index is 0.000556. The number of aryl methyl sites for hydroxylation is 1. The molecule has 0 atom stereocenters. The number of nitrogens with zero attached hydrogens (tertiary/aromatic N) is 2.